The van der Waals surface area contributed by atoms with Crippen LogP contribution in [0.4, 0.5) is 0 Å². The van der Waals surface area contributed by atoms with E-state index in [9.17, 15) is 4.79 Å². The van der Waals surface area contributed by atoms with E-state index in [1.54, 1.807) is 7.11 Å². The molecule has 6 nitrogen and oxygen atoms in total. The third kappa shape index (κ3) is 3.52. The molecule has 0 aliphatic rings. The molecule has 0 bridgehead atoms. The number of hydrogen-bond acceptors (Lipinski definition) is 5. The van der Waals surface area contributed by atoms with Gasteiger partial charge in [-0.05, 0) is 39.3 Å². The number of furan rings is 1. The number of carbonyl (C=O) groups excluding carboxylic acids is 1. The Kier molecular flexibility index (Phi) is 4.79. The molecule has 0 aliphatic carbocycles. The number of methoxy groups -OCH3 is 1. The van der Waals surface area contributed by atoms with Crippen molar-refractivity contribution >= 4 is 16.9 Å². The minimum absolute atomic E-state index is 0.0417. The normalized spacial score (nSPS) is 12.3. The van der Waals surface area contributed by atoms with Gasteiger partial charge >= 0.3 is 0 Å². The molecule has 2 aromatic heterocycles. The summed E-state index contributed by atoms with van der Waals surface area (Å²) in [6.45, 7) is 5.64. The minimum atomic E-state index is -0.228. The highest BCUT2D eigenvalue weighted by Gasteiger charge is 2.17. The largest absolute Gasteiger partial charge is 0.493 e. The second-order valence-corrected chi connectivity index (χ2v) is 6.12. The van der Waals surface area contributed by atoms with E-state index in [2.05, 4.69) is 10.5 Å². The lowest BCUT2D eigenvalue weighted by Crippen LogP contribution is -2.26. The fourth-order valence-electron chi connectivity index (χ4n) is 2.91. The Labute approximate surface area is 146 Å². The molecular weight excluding hydrogens is 320 g/mol. The van der Waals surface area contributed by atoms with Gasteiger partial charge in [0.2, 0.25) is 5.91 Å². The maximum Gasteiger partial charge on any atom is 0.220 e. The van der Waals surface area contributed by atoms with E-state index in [4.69, 9.17) is 13.7 Å². The second kappa shape index (κ2) is 7.01. The number of fused-ring (bicyclic) bond motifs is 1. The molecule has 1 N–H and O–H groups in total. The molecule has 1 unspecified atom stereocenters. The van der Waals surface area contributed by atoms with Gasteiger partial charge in [-0.1, -0.05) is 17.3 Å². The molecule has 0 spiro atoms. The van der Waals surface area contributed by atoms with Crippen molar-refractivity contribution in [2.75, 3.05) is 7.11 Å². The second-order valence-electron chi connectivity index (χ2n) is 6.12. The number of benzene rings is 1. The third-order valence-corrected chi connectivity index (χ3v) is 4.33. The average molecular weight is 342 g/mol. The summed E-state index contributed by atoms with van der Waals surface area (Å²) < 4.78 is 16.3. The first kappa shape index (κ1) is 17.1. The lowest BCUT2D eigenvalue weighted by Gasteiger charge is -2.11. The summed E-state index contributed by atoms with van der Waals surface area (Å²) in [7, 11) is 1.61. The fourth-order valence-corrected chi connectivity index (χ4v) is 2.91. The molecule has 6 heteroatoms. The maximum absolute atomic E-state index is 12.3. The Bertz CT molecular complexity index is 875. The number of aryl methyl sites for hydroxylation is 2. The van der Waals surface area contributed by atoms with Crippen LogP contribution >= 0.6 is 0 Å². The predicted octanol–water partition coefficient (Wildman–Crippen LogP) is 3.86. The Hall–Kier alpha value is -2.76. The topological polar surface area (TPSA) is 77.5 Å². The number of nitrogens with zero attached hydrogens (tertiary/aromatic N) is 1. The molecule has 1 aromatic carbocycles. The zero-order chi connectivity index (χ0) is 18.0. The number of carbonyl (C=O) groups is 1. The van der Waals surface area contributed by atoms with Gasteiger partial charge in [0.05, 0.1) is 18.8 Å². The minimum Gasteiger partial charge on any atom is -0.493 e. The molecule has 0 saturated carbocycles. The molecule has 1 amide bonds. The van der Waals surface area contributed by atoms with Crippen LogP contribution in [0.3, 0.4) is 0 Å². The zero-order valence-electron chi connectivity index (χ0n) is 14.9. The average Bonchev–Trinajstić information content (AvgIpc) is 3.16. The fraction of sp³-hybridized carbons (Fsp3) is 0.368. The summed E-state index contributed by atoms with van der Waals surface area (Å²) in [4.78, 5) is 12.3. The number of ether oxygens (including phenoxy) is 1. The van der Waals surface area contributed by atoms with Gasteiger partial charge in [0.1, 0.15) is 11.5 Å². The van der Waals surface area contributed by atoms with Crippen molar-refractivity contribution in [1.29, 1.82) is 0 Å². The first-order chi connectivity index (χ1) is 12.0. The first-order valence-electron chi connectivity index (χ1n) is 8.27. The summed E-state index contributed by atoms with van der Waals surface area (Å²) >= 11 is 0. The molecular formula is C19H22N2O4. The van der Waals surface area contributed by atoms with Gasteiger partial charge in [0.25, 0.3) is 0 Å². The molecule has 0 fully saturated rings. The van der Waals surface area contributed by atoms with Crippen LogP contribution in [0.2, 0.25) is 0 Å². The number of rotatable bonds is 6. The summed E-state index contributed by atoms with van der Waals surface area (Å²) in [5.41, 5.74) is 2.52. The predicted molar refractivity (Wildman–Crippen MR) is 93.6 cm³/mol. The van der Waals surface area contributed by atoms with Crippen LogP contribution in [-0.4, -0.2) is 18.2 Å². The Balaban J connectivity index is 1.65. The highest BCUT2D eigenvalue weighted by atomic mass is 16.5. The van der Waals surface area contributed by atoms with E-state index >= 15 is 0 Å². The van der Waals surface area contributed by atoms with E-state index in [-0.39, 0.29) is 11.9 Å². The quantitative estimate of drug-likeness (QED) is 0.736. The first-order valence-corrected chi connectivity index (χ1v) is 8.27. The molecule has 132 valence electrons. The maximum atomic E-state index is 12.3. The SMILES string of the molecule is COc1cccc2cc(C(C)NC(=O)CCc3c(C)noc3C)oc12. The molecule has 3 rings (SSSR count). The number of nitrogens with one attached hydrogen (secondary N) is 1. The smallest absolute Gasteiger partial charge is 0.220 e. The van der Waals surface area contributed by atoms with Crippen molar-refractivity contribution < 1.29 is 18.5 Å². The van der Waals surface area contributed by atoms with Crippen molar-refractivity contribution in [2.24, 2.45) is 0 Å². The molecule has 0 aliphatic heterocycles. The summed E-state index contributed by atoms with van der Waals surface area (Å²) in [5.74, 6) is 2.11. The van der Waals surface area contributed by atoms with E-state index < -0.39 is 0 Å². The molecule has 2 heterocycles. The highest BCUT2D eigenvalue weighted by Crippen LogP contribution is 2.30. The molecule has 0 saturated heterocycles. The van der Waals surface area contributed by atoms with E-state index in [1.807, 2.05) is 45.0 Å². The van der Waals surface area contributed by atoms with Crippen molar-refractivity contribution in [3.63, 3.8) is 0 Å². The van der Waals surface area contributed by atoms with E-state index in [0.717, 1.165) is 22.4 Å². The third-order valence-electron chi connectivity index (χ3n) is 4.33. The molecule has 0 radical (unpaired) electrons. The van der Waals surface area contributed by atoms with Crippen LogP contribution in [0.5, 0.6) is 5.75 Å². The van der Waals surface area contributed by atoms with Crippen molar-refractivity contribution in [3.8, 4) is 5.75 Å². The standard InChI is InChI=1S/C19H22N2O4/c1-11-15(13(3)25-21-11)8-9-18(22)20-12(2)17-10-14-6-5-7-16(23-4)19(14)24-17/h5-7,10,12H,8-9H2,1-4H3,(H,20,22). The highest BCUT2D eigenvalue weighted by molar-refractivity contribution is 5.84. The van der Waals surface area contributed by atoms with Gasteiger partial charge < -0.3 is 19.0 Å². The van der Waals surface area contributed by atoms with Crippen LogP contribution in [0, 0.1) is 13.8 Å². The van der Waals surface area contributed by atoms with E-state index in [1.165, 1.54) is 0 Å². The number of aromatic nitrogens is 1. The number of amides is 1. The van der Waals surface area contributed by atoms with Crippen molar-refractivity contribution in [2.45, 2.75) is 39.7 Å². The van der Waals surface area contributed by atoms with Gasteiger partial charge in [-0.3, -0.25) is 4.79 Å². The van der Waals surface area contributed by atoms with Gasteiger partial charge in [-0.15, -0.1) is 0 Å². The Morgan fingerprint density at radius 2 is 2.16 bits per heavy atom. The lowest BCUT2D eigenvalue weighted by atomic mass is 10.1. The zero-order valence-corrected chi connectivity index (χ0v) is 14.9. The van der Waals surface area contributed by atoms with Gasteiger partial charge in [-0.25, -0.2) is 0 Å². The van der Waals surface area contributed by atoms with Crippen LogP contribution in [-0.2, 0) is 11.2 Å². The van der Waals surface area contributed by atoms with Gasteiger partial charge in [-0.2, -0.15) is 0 Å². The van der Waals surface area contributed by atoms with Gasteiger partial charge in [0.15, 0.2) is 11.3 Å². The molecule has 25 heavy (non-hydrogen) atoms. The van der Waals surface area contributed by atoms with Crippen LogP contribution < -0.4 is 10.1 Å². The van der Waals surface area contributed by atoms with Crippen LogP contribution in [0.15, 0.2) is 33.2 Å². The van der Waals surface area contributed by atoms with Crippen molar-refractivity contribution in [1.82, 2.24) is 10.5 Å². The van der Waals surface area contributed by atoms with Crippen LogP contribution in [0.1, 0.15) is 42.2 Å². The molecule has 1 atom stereocenters. The monoisotopic (exact) mass is 342 g/mol. The van der Waals surface area contributed by atoms with Crippen molar-refractivity contribution in [3.05, 3.63) is 47.0 Å². The Morgan fingerprint density at radius 3 is 2.84 bits per heavy atom. The number of para-hydroxylation sites is 1. The summed E-state index contributed by atoms with van der Waals surface area (Å²) in [5, 5.41) is 7.83. The summed E-state index contributed by atoms with van der Waals surface area (Å²) in [6.07, 6.45) is 0.977. The van der Waals surface area contributed by atoms with Gasteiger partial charge in [0, 0.05) is 17.4 Å². The number of hydrogen-bond donors (Lipinski definition) is 1. The van der Waals surface area contributed by atoms with Crippen LogP contribution in [0.25, 0.3) is 11.0 Å². The van der Waals surface area contributed by atoms with E-state index in [0.29, 0.717) is 29.9 Å². The summed E-state index contributed by atoms with van der Waals surface area (Å²) in [6, 6.07) is 7.42. The molecule has 3 aromatic rings. The lowest BCUT2D eigenvalue weighted by molar-refractivity contribution is -0.121. The Morgan fingerprint density at radius 1 is 1.36 bits per heavy atom.